The molecule has 1 aromatic heterocycles. The molecule has 1 atom stereocenters. The first-order valence-corrected chi connectivity index (χ1v) is 4.32. The number of methoxy groups -OCH3 is 1. The van der Waals surface area contributed by atoms with Gasteiger partial charge in [0.15, 0.2) is 0 Å². The van der Waals surface area contributed by atoms with E-state index in [-0.39, 0.29) is 6.10 Å². The predicted octanol–water partition coefficient (Wildman–Crippen LogP) is 0.343. The molecule has 1 unspecified atom stereocenters. The molecule has 3 N–H and O–H groups in total. The van der Waals surface area contributed by atoms with E-state index in [0.717, 1.165) is 12.3 Å². The Morgan fingerprint density at radius 3 is 3.08 bits per heavy atom. The van der Waals surface area contributed by atoms with Crippen molar-refractivity contribution < 1.29 is 9.15 Å². The fourth-order valence-electron chi connectivity index (χ4n) is 1.03. The van der Waals surface area contributed by atoms with Gasteiger partial charge in [-0.05, 0) is 12.1 Å². The lowest BCUT2D eigenvalue weighted by atomic mass is 10.3. The smallest absolute Gasteiger partial charge is 0.117 e. The molecular weight excluding hydrogens is 168 g/mol. The fraction of sp³-hybridized carbons (Fsp3) is 0.556. The summed E-state index contributed by atoms with van der Waals surface area (Å²) in [4.78, 5) is 0. The molecule has 13 heavy (non-hydrogen) atoms. The molecule has 74 valence electrons. The third kappa shape index (κ3) is 3.59. The second kappa shape index (κ2) is 5.75. The maximum Gasteiger partial charge on any atom is 0.117 e. The zero-order valence-electron chi connectivity index (χ0n) is 7.82. The number of nitrogens with one attached hydrogen (secondary N) is 1. The summed E-state index contributed by atoms with van der Waals surface area (Å²) in [5, 5.41) is 3.19. The van der Waals surface area contributed by atoms with Crippen molar-refractivity contribution >= 4 is 0 Å². The minimum absolute atomic E-state index is 0.0787. The van der Waals surface area contributed by atoms with E-state index < -0.39 is 0 Å². The fourth-order valence-corrected chi connectivity index (χ4v) is 1.03. The Labute approximate surface area is 78.1 Å². The van der Waals surface area contributed by atoms with Crippen molar-refractivity contribution in [1.82, 2.24) is 5.32 Å². The highest BCUT2D eigenvalue weighted by Crippen LogP contribution is 1.98. The second-order valence-electron chi connectivity index (χ2n) is 2.80. The Bertz CT molecular complexity index is 207. The lowest BCUT2D eigenvalue weighted by Crippen LogP contribution is -2.33. The number of furan rings is 1. The van der Waals surface area contributed by atoms with E-state index in [2.05, 4.69) is 5.32 Å². The monoisotopic (exact) mass is 184 g/mol. The van der Waals surface area contributed by atoms with E-state index in [0.29, 0.717) is 13.1 Å². The van der Waals surface area contributed by atoms with E-state index >= 15 is 0 Å². The van der Waals surface area contributed by atoms with Gasteiger partial charge < -0.3 is 20.2 Å². The minimum Gasteiger partial charge on any atom is -0.468 e. The summed E-state index contributed by atoms with van der Waals surface area (Å²) in [5.41, 5.74) is 5.45. The highest BCUT2D eigenvalue weighted by molar-refractivity contribution is 4.97. The van der Waals surface area contributed by atoms with Crippen molar-refractivity contribution in [2.75, 3.05) is 20.2 Å². The first-order chi connectivity index (χ1) is 6.36. The molecule has 0 bridgehead atoms. The number of rotatable bonds is 6. The predicted molar refractivity (Wildman–Crippen MR) is 50.3 cm³/mol. The van der Waals surface area contributed by atoms with Gasteiger partial charge in [-0.3, -0.25) is 0 Å². The summed E-state index contributed by atoms with van der Waals surface area (Å²) < 4.78 is 10.2. The quantitative estimate of drug-likeness (QED) is 0.669. The van der Waals surface area contributed by atoms with Crippen LogP contribution in [0.3, 0.4) is 0 Å². The van der Waals surface area contributed by atoms with Crippen LogP contribution in [-0.4, -0.2) is 26.3 Å². The van der Waals surface area contributed by atoms with Gasteiger partial charge in [-0.1, -0.05) is 0 Å². The molecule has 0 aliphatic carbocycles. The third-order valence-corrected chi connectivity index (χ3v) is 1.85. The molecule has 1 heterocycles. The summed E-state index contributed by atoms with van der Waals surface area (Å²) in [6, 6.07) is 3.80. The van der Waals surface area contributed by atoms with Crippen LogP contribution in [0.25, 0.3) is 0 Å². The lowest BCUT2D eigenvalue weighted by Gasteiger charge is -2.12. The van der Waals surface area contributed by atoms with Gasteiger partial charge in [0.2, 0.25) is 0 Å². The van der Waals surface area contributed by atoms with Crippen LogP contribution in [0.2, 0.25) is 0 Å². The van der Waals surface area contributed by atoms with Gasteiger partial charge in [0.1, 0.15) is 5.76 Å². The van der Waals surface area contributed by atoms with Gasteiger partial charge in [0, 0.05) is 20.2 Å². The zero-order chi connectivity index (χ0) is 9.52. The standard InChI is InChI=1S/C9H16N2O2/c1-12-9(5-10)7-11-6-8-3-2-4-13-8/h2-4,9,11H,5-7,10H2,1H3. The molecule has 0 aliphatic rings. The van der Waals surface area contributed by atoms with Crippen LogP contribution in [0.4, 0.5) is 0 Å². The van der Waals surface area contributed by atoms with Gasteiger partial charge in [0.25, 0.3) is 0 Å². The molecule has 0 fully saturated rings. The molecule has 0 saturated heterocycles. The normalized spacial score (nSPS) is 13.1. The van der Waals surface area contributed by atoms with E-state index in [1.807, 2.05) is 12.1 Å². The highest BCUT2D eigenvalue weighted by atomic mass is 16.5. The molecule has 4 heteroatoms. The minimum atomic E-state index is 0.0787. The van der Waals surface area contributed by atoms with Crippen molar-refractivity contribution in [3.63, 3.8) is 0 Å². The van der Waals surface area contributed by atoms with E-state index in [1.165, 1.54) is 0 Å². The van der Waals surface area contributed by atoms with Crippen LogP contribution in [0.1, 0.15) is 5.76 Å². The molecule has 1 aromatic rings. The maximum absolute atomic E-state index is 5.45. The Morgan fingerprint density at radius 2 is 2.54 bits per heavy atom. The van der Waals surface area contributed by atoms with E-state index in [4.69, 9.17) is 14.9 Å². The topological polar surface area (TPSA) is 60.4 Å². The molecule has 0 aliphatic heterocycles. The van der Waals surface area contributed by atoms with Gasteiger partial charge in [-0.25, -0.2) is 0 Å². The maximum atomic E-state index is 5.45. The van der Waals surface area contributed by atoms with E-state index in [9.17, 15) is 0 Å². The van der Waals surface area contributed by atoms with Crippen LogP contribution in [0.15, 0.2) is 22.8 Å². The second-order valence-corrected chi connectivity index (χ2v) is 2.80. The van der Waals surface area contributed by atoms with Crippen LogP contribution in [0, 0.1) is 0 Å². The summed E-state index contributed by atoms with van der Waals surface area (Å²) >= 11 is 0. The molecule has 0 aromatic carbocycles. The van der Waals surface area contributed by atoms with Crippen molar-refractivity contribution in [1.29, 1.82) is 0 Å². The van der Waals surface area contributed by atoms with Gasteiger partial charge in [-0.15, -0.1) is 0 Å². The SMILES string of the molecule is COC(CN)CNCc1ccco1. The lowest BCUT2D eigenvalue weighted by molar-refractivity contribution is 0.108. The summed E-state index contributed by atoms with van der Waals surface area (Å²) in [7, 11) is 1.66. The zero-order valence-corrected chi connectivity index (χ0v) is 7.82. The molecule has 4 nitrogen and oxygen atoms in total. The van der Waals surface area contributed by atoms with Crippen LogP contribution in [0.5, 0.6) is 0 Å². The molecule has 0 saturated carbocycles. The Kier molecular flexibility index (Phi) is 4.53. The third-order valence-electron chi connectivity index (χ3n) is 1.85. The molecule has 1 rings (SSSR count). The van der Waals surface area contributed by atoms with Crippen molar-refractivity contribution in [2.24, 2.45) is 5.73 Å². The largest absolute Gasteiger partial charge is 0.468 e. The average Bonchev–Trinajstić information content (AvgIpc) is 2.65. The van der Waals surface area contributed by atoms with Gasteiger partial charge in [-0.2, -0.15) is 0 Å². The Morgan fingerprint density at radius 1 is 1.69 bits per heavy atom. The van der Waals surface area contributed by atoms with E-state index in [1.54, 1.807) is 13.4 Å². The molecular formula is C9H16N2O2. The van der Waals surface area contributed by atoms with Crippen LogP contribution in [-0.2, 0) is 11.3 Å². The van der Waals surface area contributed by atoms with Gasteiger partial charge >= 0.3 is 0 Å². The van der Waals surface area contributed by atoms with Gasteiger partial charge in [0.05, 0.1) is 18.9 Å². The number of nitrogens with two attached hydrogens (primary N) is 1. The van der Waals surface area contributed by atoms with Crippen LogP contribution < -0.4 is 11.1 Å². The Balaban J connectivity index is 2.13. The average molecular weight is 184 g/mol. The summed E-state index contributed by atoms with van der Waals surface area (Å²) in [5.74, 6) is 0.923. The first kappa shape index (κ1) is 10.2. The molecule has 0 radical (unpaired) electrons. The number of hydrogen-bond donors (Lipinski definition) is 2. The summed E-state index contributed by atoms with van der Waals surface area (Å²) in [6.45, 7) is 1.99. The first-order valence-electron chi connectivity index (χ1n) is 4.32. The van der Waals surface area contributed by atoms with Crippen LogP contribution >= 0.6 is 0 Å². The Hall–Kier alpha value is -0.840. The summed E-state index contributed by atoms with van der Waals surface area (Å²) in [6.07, 6.45) is 1.74. The number of hydrogen-bond acceptors (Lipinski definition) is 4. The van der Waals surface area contributed by atoms with Crippen molar-refractivity contribution in [3.05, 3.63) is 24.2 Å². The highest BCUT2D eigenvalue weighted by Gasteiger charge is 2.03. The number of ether oxygens (including phenoxy) is 1. The molecule has 0 amide bonds. The molecule has 0 spiro atoms. The van der Waals surface area contributed by atoms with Crippen molar-refractivity contribution in [3.8, 4) is 0 Å². The van der Waals surface area contributed by atoms with Crippen molar-refractivity contribution in [2.45, 2.75) is 12.6 Å².